The van der Waals surface area contributed by atoms with Crippen LogP contribution in [0.15, 0.2) is 23.3 Å². The number of non-ortho nitro benzene ring substituents is 1. The average Bonchev–Trinajstić information content (AvgIpc) is 2.65. The highest BCUT2D eigenvalue weighted by atomic mass is 28.3. The average molecular weight is 336 g/mol. The first-order valence-electron chi connectivity index (χ1n) is 7.53. The number of nitrogens with one attached hydrogen (secondary N) is 1. The van der Waals surface area contributed by atoms with E-state index in [1.807, 2.05) is 0 Å². The van der Waals surface area contributed by atoms with E-state index in [4.69, 9.17) is 0 Å². The van der Waals surface area contributed by atoms with Gasteiger partial charge in [0.2, 0.25) is 0 Å². The lowest BCUT2D eigenvalue weighted by Gasteiger charge is -2.18. The van der Waals surface area contributed by atoms with Gasteiger partial charge in [-0.2, -0.15) is 5.10 Å². The number of rotatable bonds is 4. The number of nitro benzene ring substituents is 2. The molecule has 0 aromatic heterocycles. The van der Waals surface area contributed by atoms with Crippen LogP contribution in [0, 0.1) is 20.2 Å². The van der Waals surface area contributed by atoms with Crippen LogP contribution in [0.25, 0.3) is 0 Å². The second-order valence-corrected chi connectivity index (χ2v) is 11.9. The Labute approximate surface area is 134 Å². The van der Waals surface area contributed by atoms with Crippen LogP contribution in [0.1, 0.15) is 19.3 Å². The molecule has 2 rings (SSSR count). The van der Waals surface area contributed by atoms with Crippen molar-refractivity contribution in [2.45, 2.75) is 44.4 Å². The van der Waals surface area contributed by atoms with Crippen molar-refractivity contribution in [1.29, 1.82) is 0 Å². The van der Waals surface area contributed by atoms with Crippen LogP contribution in [-0.4, -0.2) is 23.6 Å². The number of nitrogens with zero attached hydrogens (tertiary/aromatic N) is 3. The van der Waals surface area contributed by atoms with Gasteiger partial charge in [-0.25, -0.2) is 0 Å². The van der Waals surface area contributed by atoms with E-state index in [0.29, 0.717) is 0 Å². The molecule has 0 radical (unpaired) electrons. The molecule has 1 aliphatic heterocycles. The van der Waals surface area contributed by atoms with E-state index >= 15 is 0 Å². The highest BCUT2D eigenvalue weighted by Crippen LogP contribution is 2.30. The molecule has 0 amide bonds. The number of hydrazone groups is 1. The zero-order chi connectivity index (χ0) is 17.0. The Hall–Kier alpha value is -2.29. The summed E-state index contributed by atoms with van der Waals surface area (Å²) in [4.78, 5) is 20.5. The summed E-state index contributed by atoms with van der Waals surface area (Å²) < 4.78 is 0. The molecule has 1 heterocycles. The Morgan fingerprint density at radius 1 is 1.13 bits per heavy atom. The molecule has 9 heteroatoms. The number of benzene rings is 1. The number of hydrogen-bond donors (Lipinski definition) is 1. The van der Waals surface area contributed by atoms with Crippen molar-refractivity contribution in [2.75, 3.05) is 5.43 Å². The van der Waals surface area contributed by atoms with Crippen LogP contribution in [0.3, 0.4) is 0 Å². The first-order chi connectivity index (χ1) is 10.8. The first-order valence-corrected chi connectivity index (χ1v) is 10.9. The predicted octanol–water partition coefficient (Wildman–Crippen LogP) is 4.16. The molecule has 1 saturated heterocycles. The summed E-state index contributed by atoms with van der Waals surface area (Å²) in [5, 5.41) is 26.1. The van der Waals surface area contributed by atoms with E-state index in [2.05, 4.69) is 23.6 Å². The SMILES string of the molecule is C[Si]1(C)CCCC(=NNc2ccc([N+](=O)[O-])cc2[N+](=O)[O-])CC1. The monoisotopic (exact) mass is 336 g/mol. The number of nitro groups is 2. The van der Waals surface area contributed by atoms with Gasteiger partial charge in [0.1, 0.15) is 5.69 Å². The largest absolute Gasteiger partial charge is 0.301 e. The highest BCUT2D eigenvalue weighted by Gasteiger charge is 2.24. The molecule has 1 aromatic carbocycles. The zero-order valence-corrected chi connectivity index (χ0v) is 14.2. The summed E-state index contributed by atoms with van der Waals surface area (Å²) in [7, 11) is -1.13. The van der Waals surface area contributed by atoms with Crippen LogP contribution >= 0.6 is 0 Å². The quantitative estimate of drug-likeness (QED) is 0.504. The molecule has 0 saturated carbocycles. The van der Waals surface area contributed by atoms with E-state index < -0.39 is 17.9 Å². The second-order valence-electron chi connectivity index (χ2n) is 6.52. The normalized spacial score (nSPS) is 19.1. The van der Waals surface area contributed by atoms with Crippen molar-refractivity contribution >= 4 is 30.8 Å². The Morgan fingerprint density at radius 3 is 2.52 bits per heavy atom. The van der Waals surface area contributed by atoms with E-state index in [0.717, 1.165) is 37.1 Å². The molecule has 8 nitrogen and oxygen atoms in total. The van der Waals surface area contributed by atoms with E-state index in [1.165, 1.54) is 18.2 Å². The van der Waals surface area contributed by atoms with Gasteiger partial charge in [-0.15, -0.1) is 0 Å². The van der Waals surface area contributed by atoms with Gasteiger partial charge >= 0.3 is 5.69 Å². The molecular weight excluding hydrogens is 316 g/mol. The van der Waals surface area contributed by atoms with Crippen LogP contribution in [-0.2, 0) is 0 Å². The van der Waals surface area contributed by atoms with E-state index in [-0.39, 0.29) is 17.1 Å². The van der Waals surface area contributed by atoms with Crippen molar-refractivity contribution < 1.29 is 9.85 Å². The lowest BCUT2D eigenvalue weighted by molar-refractivity contribution is -0.393. The molecule has 0 bridgehead atoms. The molecule has 0 atom stereocenters. The third kappa shape index (κ3) is 4.59. The summed E-state index contributed by atoms with van der Waals surface area (Å²) in [6.45, 7) is 4.73. The van der Waals surface area contributed by atoms with E-state index in [9.17, 15) is 20.2 Å². The maximum atomic E-state index is 11.1. The predicted molar refractivity (Wildman–Crippen MR) is 91.8 cm³/mol. The van der Waals surface area contributed by atoms with Gasteiger partial charge < -0.3 is 0 Å². The molecule has 1 fully saturated rings. The van der Waals surface area contributed by atoms with Crippen molar-refractivity contribution in [3.8, 4) is 0 Å². The fourth-order valence-corrected chi connectivity index (χ4v) is 4.98. The summed E-state index contributed by atoms with van der Waals surface area (Å²) in [6.07, 6.45) is 2.90. The molecule has 1 aliphatic rings. The van der Waals surface area contributed by atoms with Gasteiger partial charge in [0.15, 0.2) is 0 Å². The fourth-order valence-electron chi connectivity index (χ4n) is 2.63. The molecule has 1 aromatic rings. The smallest absolute Gasteiger partial charge is 0.272 e. The lowest BCUT2D eigenvalue weighted by Crippen LogP contribution is -2.23. The maximum absolute atomic E-state index is 11.1. The highest BCUT2D eigenvalue weighted by molar-refractivity contribution is 6.77. The lowest BCUT2D eigenvalue weighted by atomic mass is 10.2. The first kappa shape index (κ1) is 17.1. The molecule has 0 unspecified atom stereocenters. The fraction of sp³-hybridized carbons (Fsp3) is 0.500. The molecule has 0 spiro atoms. The zero-order valence-electron chi connectivity index (χ0n) is 13.2. The van der Waals surface area contributed by atoms with Gasteiger partial charge in [-0.3, -0.25) is 25.7 Å². The van der Waals surface area contributed by atoms with E-state index in [1.54, 1.807) is 0 Å². The molecule has 1 N–H and O–H groups in total. The summed E-state index contributed by atoms with van der Waals surface area (Å²) in [5.41, 5.74) is 3.26. The Morgan fingerprint density at radius 2 is 1.87 bits per heavy atom. The number of anilines is 1. The van der Waals surface area contributed by atoms with Crippen molar-refractivity contribution in [3.63, 3.8) is 0 Å². The summed E-state index contributed by atoms with van der Waals surface area (Å²) in [5.74, 6) is 0. The van der Waals surface area contributed by atoms with Crippen LogP contribution in [0.2, 0.25) is 25.2 Å². The van der Waals surface area contributed by atoms with Crippen LogP contribution in [0.5, 0.6) is 0 Å². The van der Waals surface area contributed by atoms with Gasteiger partial charge in [-0.1, -0.05) is 31.6 Å². The molecular formula is C14H20N4O4Si. The van der Waals surface area contributed by atoms with Gasteiger partial charge in [-0.05, 0) is 18.9 Å². The third-order valence-corrected chi connectivity index (χ3v) is 7.44. The molecule has 124 valence electrons. The summed E-state index contributed by atoms with van der Waals surface area (Å²) >= 11 is 0. The summed E-state index contributed by atoms with van der Waals surface area (Å²) in [6, 6.07) is 5.94. The van der Waals surface area contributed by atoms with Gasteiger partial charge in [0.05, 0.1) is 15.9 Å². The van der Waals surface area contributed by atoms with Crippen molar-refractivity contribution in [3.05, 3.63) is 38.4 Å². The maximum Gasteiger partial charge on any atom is 0.301 e. The number of hydrogen-bond acceptors (Lipinski definition) is 6. The standard InChI is InChI=1S/C14H20N4O4Si/c1-23(2)8-3-4-11(7-9-23)15-16-13-6-5-12(17(19)20)10-14(13)18(21)22/h5-6,10,16H,3-4,7-9H2,1-2H3. The van der Waals surface area contributed by atoms with Crippen LogP contribution < -0.4 is 5.43 Å². The molecule has 23 heavy (non-hydrogen) atoms. The van der Waals surface area contributed by atoms with Gasteiger partial charge in [0, 0.05) is 19.9 Å². The minimum atomic E-state index is -1.13. The molecule has 0 aliphatic carbocycles. The van der Waals surface area contributed by atoms with Crippen molar-refractivity contribution in [1.82, 2.24) is 0 Å². The topological polar surface area (TPSA) is 111 Å². The Balaban J connectivity index is 2.18. The second kappa shape index (κ2) is 6.86. The minimum absolute atomic E-state index is 0.175. The Bertz CT molecular complexity index is 660. The van der Waals surface area contributed by atoms with Crippen LogP contribution in [0.4, 0.5) is 17.1 Å². The third-order valence-electron chi connectivity index (χ3n) is 4.13. The van der Waals surface area contributed by atoms with Gasteiger partial charge in [0.25, 0.3) is 5.69 Å². The minimum Gasteiger partial charge on any atom is -0.272 e. The Kier molecular flexibility index (Phi) is 5.09. The van der Waals surface area contributed by atoms with Crippen molar-refractivity contribution in [2.24, 2.45) is 5.10 Å².